The van der Waals surface area contributed by atoms with Crippen LogP contribution in [0.1, 0.15) is 30.5 Å². The SMILES string of the molecule is COc1ccccc1CCCNC(=O)C1CCC(=O)N(CCc2ccccn2)C1. The first-order chi connectivity index (χ1) is 14.2. The molecule has 1 saturated heterocycles. The Morgan fingerprint density at radius 1 is 1.21 bits per heavy atom. The molecular weight excluding hydrogens is 366 g/mol. The van der Waals surface area contributed by atoms with Gasteiger partial charge in [-0.1, -0.05) is 24.3 Å². The second kappa shape index (κ2) is 10.6. The number of nitrogens with zero attached hydrogens (tertiary/aromatic N) is 2. The lowest BCUT2D eigenvalue weighted by molar-refractivity contribution is -0.138. The van der Waals surface area contributed by atoms with Crippen LogP contribution < -0.4 is 10.1 Å². The Balaban J connectivity index is 1.42. The molecule has 1 aromatic carbocycles. The molecule has 0 saturated carbocycles. The van der Waals surface area contributed by atoms with E-state index < -0.39 is 0 Å². The van der Waals surface area contributed by atoms with Gasteiger partial charge in [-0.3, -0.25) is 14.6 Å². The van der Waals surface area contributed by atoms with Crippen molar-refractivity contribution in [2.24, 2.45) is 5.92 Å². The molecule has 1 aliphatic rings. The summed E-state index contributed by atoms with van der Waals surface area (Å²) in [5.41, 5.74) is 2.11. The largest absolute Gasteiger partial charge is 0.496 e. The van der Waals surface area contributed by atoms with Crippen molar-refractivity contribution in [2.75, 3.05) is 26.7 Å². The summed E-state index contributed by atoms with van der Waals surface area (Å²) in [6.07, 6.45) is 5.22. The van der Waals surface area contributed by atoms with E-state index in [2.05, 4.69) is 10.3 Å². The van der Waals surface area contributed by atoms with Gasteiger partial charge >= 0.3 is 0 Å². The number of pyridine rings is 1. The van der Waals surface area contributed by atoms with Gasteiger partial charge in [0.2, 0.25) is 11.8 Å². The highest BCUT2D eigenvalue weighted by molar-refractivity contribution is 5.83. The van der Waals surface area contributed by atoms with Gasteiger partial charge in [0, 0.05) is 44.4 Å². The maximum Gasteiger partial charge on any atom is 0.224 e. The molecule has 0 spiro atoms. The summed E-state index contributed by atoms with van der Waals surface area (Å²) in [6, 6.07) is 13.7. The Morgan fingerprint density at radius 2 is 2.03 bits per heavy atom. The number of piperidine rings is 1. The maximum atomic E-state index is 12.6. The van der Waals surface area contributed by atoms with E-state index in [-0.39, 0.29) is 17.7 Å². The number of aryl methyl sites for hydroxylation is 1. The summed E-state index contributed by atoms with van der Waals surface area (Å²) in [7, 11) is 1.67. The van der Waals surface area contributed by atoms with Crippen molar-refractivity contribution in [1.82, 2.24) is 15.2 Å². The van der Waals surface area contributed by atoms with Crippen molar-refractivity contribution in [3.63, 3.8) is 0 Å². The van der Waals surface area contributed by atoms with Crippen molar-refractivity contribution in [2.45, 2.75) is 32.1 Å². The molecule has 0 bridgehead atoms. The van der Waals surface area contributed by atoms with Gasteiger partial charge in [0.1, 0.15) is 5.75 Å². The van der Waals surface area contributed by atoms with E-state index in [0.29, 0.717) is 38.9 Å². The predicted octanol–water partition coefficient (Wildman–Crippen LogP) is 2.62. The molecular formula is C23H29N3O3. The Kier molecular flexibility index (Phi) is 7.61. The molecule has 1 atom stereocenters. The number of carbonyl (C=O) groups is 2. The number of hydrogen-bond acceptors (Lipinski definition) is 4. The number of rotatable bonds is 9. The zero-order chi connectivity index (χ0) is 20.5. The average Bonchev–Trinajstić information content (AvgIpc) is 2.77. The van der Waals surface area contributed by atoms with E-state index in [1.165, 1.54) is 0 Å². The zero-order valence-corrected chi connectivity index (χ0v) is 17.0. The number of ether oxygens (including phenoxy) is 1. The third kappa shape index (κ3) is 6.04. The Bertz CT molecular complexity index is 810. The number of hydrogen-bond donors (Lipinski definition) is 1. The van der Waals surface area contributed by atoms with E-state index in [9.17, 15) is 9.59 Å². The summed E-state index contributed by atoms with van der Waals surface area (Å²) in [5, 5.41) is 3.04. The highest BCUT2D eigenvalue weighted by Gasteiger charge is 2.29. The number of carbonyl (C=O) groups excluding carboxylic acids is 2. The Morgan fingerprint density at radius 3 is 2.83 bits per heavy atom. The van der Waals surface area contributed by atoms with Crippen molar-refractivity contribution in [1.29, 1.82) is 0 Å². The fraction of sp³-hybridized carbons (Fsp3) is 0.435. The van der Waals surface area contributed by atoms with Crippen LogP contribution in [0.15, 0.2) is 48.7 Å². The second-order valence-electron chi connectivity index (χ2n) is 7.35. The van der Waals surface area contributed by atoms with Gasteiger partial charge in [0.05, 0.1) is 13.0 Å². The normalized spacial score (nSPS) is 16.5. The first kappa shape index (κ1) is 20.8. The second-order valence-corrected chi connectivity index (χ2v) is 7.35. The Hall–Kier alpha value is -2.89. The van der Waals surface area contributed by atoms with Gasteiger partial charge in [0.25, 0.3) is 0 Å². The van der Waals surface area contributed by atoms with Crippen molar-refractivity contribution in [3.8, 4) is 5.75 Å². The van der Waals surface area contributed by atoms with Gasteiger partial charge in [0.15, 0.2) is 0 Å². The third-order valence-corrected chi connectivity index (χ3v) is 5.35. The van der Waals surface area contributed by atoms with E-state index in [4.69, 9.17) is 4.74 Å². The molecule has 6 nitrogen and oxygen atoms in total. The van der Waals surface area contributed by atoms with Crippen LogP contribution in [0.5, 0.6) is 5.75 Å². The summed E-state index contributed by atoms with van der Waals surface area (Å²) in [4.78, 5) is 30.9. The Labute approximate surface area is 172 Å². The number of nitrogens with one attached hydrogen (secondary N) is 1. The molecule has 2 aromatic rings. The summed E-state index contributed by atoms with van der Waals surface area (Å²) in [6.45, 7) is 1.71. The minimum absolute atomic E-state index is 0.0420. The lowest BCUT2D eigenvalue weighted by Gasteiger charge is -2.32. The number of amides is 2. The minimum Gasteiger partial charge on any atom is -0.496 e. The average molecular weight is 396 g/mol. The third-order valence-electron chi connectivity index (χ3n) is 5.35. The van der Waals surface area contributed by atoms with Crippen LogP contribution >= 0.6 is 0 Å². The quantitative estimate of drug-likeness (QED) is 0.663. The molecule has 29 heavy (non-hydrogen) atoms. The predicted molar refractivity (Wildman–Crippen MR) is 112 cm³/mol. The van der Waals surface area contributed by atoms with Crippen molar-refractivity contribution in [3.05, 3.63) is 59.9 Å². The number of likely N-dealkylation sites (tertiary alicyclic amines) is 1. The maximum absolute atomic E-state index is 12.6. The molecule has 3 rings (SSSR count). The van der Waals surface area contributed by atoms with Gasteiger partial charge < -0.3 is 15.0 Å². The fourth-order valence-electron chi connectivity index (χ4n) is 3.68. The van der Waals surface area contributed by atoms with Crippen LogP contribution in [0.25, 0.3) is 0 Å². The van der Waals surface area contributed by atoms with Gasteiger partial charge in [-0.2, -0.15) is 0 Å². The highest BCUT2D eigenvalue weighted by atomic mass is 16.5. The smallest absolute Gasteiger partial charge is 0.224 e. The van der Waals surface area contributed by atoms with E-state index >= 15 is 0 Å². The van der Waals surface area contributed by atoms with Crippen LogP contribution in [0.3, 0.4) is 0 Å². The molecule has 1 unspecified atom stereocenters. The molecule has 0 radical (unpaired) electrons. The molecule has 2 amide bonds. The summed E-state index contributed by atoms with van der Waals surface area (Å²) < 4.78 is 5.37. The lowest BCUT2D eigenvalue weighted by atomic mass is 9.96. The molecule has 1 aliphatic heterocycles. The summed E-state index contributed by atoms with van der Waals surface area (Å²) in [5.74, 6) is 0.914. The first-order valence-electron chi connectivity index (χ1n) is 10.2. The van der Waals surface area contributed by atoms with E-state index in [1.54, 1.807) is 18.2 Å². The standard InChI is InChI=1S/C23H29N3O3/c1-29-21-10-3-2-7-18(21)8-6-15-25-23(28)19-11-12-22(27)26(17-19)16-13-20-9-4-5-14-24-20/h2-5,7,9-10,14,19H,6,8,11-13,15-17H2,1H3,(H,25,28). The van der Waals surface area contributed by atoms with E-state index in [1.807, 2.05) is 42.5 Å². The lowest BCUT2D eigenvalue weighted by Crippen LogP contribution is -2.46. The van der Waals surface area contributed by atoms with E-state index in [0.717, 1.165) is 29.8 Å². The number of benzene rings is 1. The molecule has 1 N–H and O–H groups in total. The summed E-state index contributed by atoms with van der Waals surface area (Å²) >= 11 is 0. The topological polar surface area (TPSA) is 71.5 Å². The van der Waals surface area contributed by atoms with Gasteiger partial charge in [-0.25, -0.2) is 0 Å². The number of aromatic nitrogens is 1. The van der Waals surface area contributed by atoms with Crippen molar-refractivity contribution < 1.29 is 14.3 Å². The van der Waals surface area contributed by atoms with Crippen LogP contribution in [-0.4, -0.2) is 48.4 Å². The number of methoxy groups -OCH3 is 1. The highest BCUT2D eigenvalue weighted by Crippen LogP contribution is 2.20. The van der Waals surface area contributed by atoms with Crippen LogP contribution in [-0.2, 0) is 22.4 Å². The monoisotopic (exact) mass is 395 g/mol. The molecule has 1 aromatic heterocycles. The minimum atomic E-state index is -0.136. The van der Waals surface area contributed by atoms with Crippen LogP contribution in [0.2, 0.25) is 0 Å². The van der Waals surface area contributed by atoms with Crippen molar-refractivity contribution >= 4 is 11.8 Å². The van der Waals surface area contributed by atoms with Crippen LogP contribution in [0.4, 0.5) is 0 Å². The molecule has 6 heteroatoms. The molecule has 1 fully saturated rings. The molecule has 0 aliphatic carbocycles. The zero-order valence-electron chi connectivity index (χ0n) is 17.0. The first-order valence-corrected chi connectivity index (χ1v) is 10.2. The van der Waals surface area contributed by atoms with Gasteiger partial charge in [-0.05, 0) is 43.0 Å². The molecule has 2 heterocycles. The number of para-hydroxylation sites is 1. The van der Waals surface area contributed by atoms with Gasteiger partial charge in [-0.15, -0.1) is 0 Å². The molecule has 154 valence electrons. The van der Waals surface area contributed by atoms with Crippen LogP contribution in [0, 0.1) is 5.92 Å². The fourth-order valence-corrected chi connectivity index (χ4v) is 3.68.